The number of ether oxygens (including phenoxy) is 3. The van der Waals surface area contributed by atoms with Gasteiger partial charge in [-0.2, -0.15) is 20.4 Å². The zero-order chi connectivity index (χ0) is 94.9. The molecule has 1 aliphatic rings. The lowest BCUT2D eigenvalue weighted by molar-refractivity contribution is -0.138. The second-order valence-corrected chi connectivity index (χ2v) is 32.5. The van der Waals surface area contributed by atoms with E-state index < -0.39 is 35.6 Å². The van der Waals surface area contributed by atoms with E-state index in [4.69, 9.17) is 100 Å². The molecule has 0 bridgehead atoms. The van der Waals surface area contributed by atoms with E-state index in [1.54, 1.807) is 61.0 Å². The molecule has 24 nitrogen and oxygen atoms in total. The Bertz CT molecular complexity index is 6590. The SMILES string of the molecule is CN(C/C=C/c1ccc(/C=N/NC(=O)c2ccc(O)c(Cl)c2)c2ccccc12)Cc1ccccc1.COc1cc(/C=N/NC(=O)c2ccc(O)c(Cl)c2)cc(/C=C/COc2c(Cl)cccc2Cl)c1OC.NC(C/C=C/c1ccc(/C=N/NC(=O)c2ccc(O)c(Cl)c2)c2ccccc12)C(=O)O.NC1CCCCC1/C=C/c1ccc(/C=N/NC(=O)c2ccc(O)c(Cl)c2)c2ccccc12. The number of phenols is 4. The molecule has 133 heavy (non-hydrogen) atoms. The van der Waals surface area contributed by atoms with E-state index in [9.17, 15) is 44.4 Å². The highest BCUT2D eigenvalue weighted by atomic mass is 35.5. The Kier molecular flexibility index (Phi) is 37.2. The average Bonchev–Trinajstić information content (AvgIpc) is 0.795. The number of carboxylic acid groups (broad SMARTS) is 1. The van der Waals surface area contributed by atoms with Crippen molar-refractivity contribution in [2.45, 2.75) is 50.7 Å². The Hall–Kier alpha value is -14.2. The van der Waals surface area contributed by atoms with Crippen LogP contribution in [0, 0.1) is 5.92 Å². The van der Waals surface area contributed by atoms with E-state index in [0.717, 1.165) is 91.6 Å². The van der Waals surface area contributed by atoms with Crippen molar-refractivity contribution in [2.75, 3.05) is 34.4 Å². The number of phenolic OH excluding ortho intramolecular Hbond substituents is 4. The number of fused-ring (bicyclic) bond motifs is 3. The number of hydrogen-bond donors (Lipinski definition) is 11. The summed E-state index contributed by atoms with van der Waals surface area (Å²) in [5.41, 5.74) is 31.2. The Morgan fingerprint density at radius 3 is 1.22 bits per heavy atom. The van der Waals surface area contributed by atoms with E-state index in [-0.39, 0.29) is 73.3 Å². The number of carbonyl (C=O) groups is 5. The average molecular weight is 1910 g/mol. The van der Waals surface area contributed by atoms with Crippen molar-refractivity contribution in [1.82, 2.24) is 26.6 Å². The van der Waals surface area contributed by atoms with Gasteiger partial charge in [-0.3, -0.25) is 28.9 Å². The number of hydrogen-bond acceptors (Lipinski definition) is 19. The number of aliphatic carboxylic acids is 1. The number of nitrogens with zero attached hydrogens (tertiary/aromatic N) is 5. The Morgan fingerprint density at radius 2 is 0.812 bits per heavy atom. The number of carbonyl (C=O) groups excluding carboxylic acids is 4. The Labute approximate surface area is 798 Å². The van der Waals surface area contributed by atoms with Crippen LogP contribution in [0.2, 0.25) is 30.1 Å². The van der Waals surface area contributed by atoms with E-state index in [0.29, 0.717) is 55.5 Å². The van der Waals surface area contributed by atoms with Gasteiger partial charge in [-0.15, -0.1) is 0 Å². The van der Waals surface area contributed by atoms with Gasteiger partial charge in [-0.25, -0.2) is 21.7 Å². The summed E-state index contributed by atoms with van der Waals surface area (Å²) in [5, 5.41) is 70.5. The van der Waals surface area contributed by atoms with Gasteiger partial charge in [-0.05, 0) is 196 Å². The molecule has 13 aromatic rings. The number of likely N-dealkylation sites (N-methyl/N-ethyl adjacent to an activating group) is 1. The summed E-state index contributed by atoms with van der Waals surface area (Å²) in [6, 6.07) is 70.9. The minimum Gasteiger partial charge on any atom is -0.506 e. The summed E-state index contributed by atoms with van der Waals surface area (Å²) in [6.07, 6.45) is 27.0. The molecule has 14 rings (SSSR count). The van der Waals surface area contributed by atoms with Gasteiger partial charge in [0.15, 0.2) is 17.2 Å². The minimum absolute atomic E-state index is 0.0683. The molecule has 0 heterocycles. The van der Waals surface area contributed by atoms with Crippen molar-refractivity contribution in [2.24, 2.45) is 37.8 Å². The molecule has 3 unspecified atom stereocenters. The molecule has 0 radical (unpaired) electrons. The van der Waals surface area contributed by atoms with Gasteiger partial charge in [0.2, 0.25) is 0 Å². The number of halogens is 6. The highest BCUT2D eigenvalue weighted by Crippen LogP contribution is 2.37. The summed E-state index contributed by atoms with van der Waals surface area (Å²) >= 11 is 35.7. The highest BCUT2D eigenvalue weighted by Gasteiger charge is 2.21. The molecular weight excluding hydrogens is 1810 g/mol. The molecule has 30 heteroatoms. The molecule has 3 atom stereocenters. The van der Waals surface area contributed by atoms with E-state index in [1.165, 1.54) is 118 Å². The van der Waals surface area contributed by atoms with Crippen LogP contribution in [-0.2, 0) is 11.3 Å². The number of para-hydroxylation sites is 1. The summed E-state index contributed by atoms with van der Waals surface area (Å²) in [4.78, 5) is 62.2. The molecule has 13 aromatic carbocycles. The molecule has 0 spiro atoms. The summed E-state index contributed by atoms with van der Waals surface area (Å²) < 4.78 is 16.6. The zero-order valence-corrected chi connectivity index (χ0v) is 76.6. The Balaban J connectivity index is 0.000000171. The van der Waals surface area contributed by atoms with E-state index in [1.807, 2.05) is 97.1 Å². The first-order chi connectivity index (χ1) is 64.2. The number of aromatic hydroxyl groups is 4. The van der Waals surface area contributed by atoms with Crippen molar-refractivity contribution >= 4 is 181 Å². The standard InChI is InChI=1S/C29H26ClN3O2.C26H26ClN3O2.C25H21Cl3N2O5.C23H20ClN3O4/c1-33(20-21-8-3-2-4-9-21)17-7-10-22-13-14-24(26-12-6-5-11-25(22)26)19-31-32-29(35)23-15-16-28(34)27(30)18-23;27-23-15-19(13-14-25(23)31)26(32)30-29-16-20-12-10-17(21-6-2-3-7-22(20)21)9-11-18-5-1-4-8-24(18)28;1-33-22-12-15(14-29-30-25(32)17-8-9-21(31)20(28)13-17)11-16(23(22)34-2)5-4-10-35-24-18(26)6-3-7-19(24)27;24-19-12-15(10-11-21(19)28)22(29)27-26-13-16-9-8-14(4-3-7-20(25)23(30)31)17-5-1-2-6-18(16)17/h2-16,18-19,34H,17,20H2,1H3,(H,32,35);2-3,6-7,9-16,18,24,31H,1,4-5,8,28H2,(H,30,32);3-9,11-14,31H,10H2,1-2H3,(H,30,32);1-6,8-13,20,28H,7,25H2,(H,27,29)(H,30,31)/b10-7+,31-19+;11-9+,29-16+;5-4+,29-14+;4-3+,26-13+. The van der Waals surface area contributed by atoms with E-state index >= 15 is 0 Å². The maximum absolute atomic E-state index is 12.3. The fourth-order valence-corrected chi connectivity index (χ4v) is 15.1. The van der Waals surface area contributed by atoms with Gasteiger partial charge in [0, 0.05) is 63.6 Å². The number of amides is 4. The lowest BCUT2D eigenvalue weighted by Gasteiger charge is -2.25. The predicted octanol–water partition coefficient (Wildman–Crippen LogP) is 21.6. The van der Waals surface area contributed by atoms with E-state index in [2.05, 4.69) is 127 Å². The van der Waals surface area contributed by atoms with Crippen LogP contribution in [0.25, 0.3) is 56.6 Å². The predicted molar refractivity (Wildman–Crippen MR) is 535 cm³/mol. The summed E-state index contributed by atoms with van der Waals surface area (Å²) in [5.74, 6) is -1.36. The van der Waals surface area contributed by atoms with Crippen molar-refractivity contribution in [3.05, 3.63) is 369 Å². The maximum atomic E-state index is 12.3. The quantitative estimate of drug-likeness (QED) is 0.0153. The number of benzene rings is 13. The second-order valence-electron chi connectivity index (χ2n) is 30.1. The van der Waals surface area contributed by atoms with Crippen LogP contribution >= 0.6 is 69.6 Å². The summed E-state index contributed by atoms with van der Waals surface area (Å²) in [6.45, 7) is 1.93. The van der Waals surface area contributed by atoms with Gasteiger partial charge in [0.25, 0.3) is 23.6 Å². The maximum Gasteiger partial charge on any atom is 0.320 e. The lowest BCUT2D eigenvalue weighted by atomic mass is 9.84. The van der Waals surface area contributed by atoms with Crippen molar-refractivity contribution in [1.29, 1.82) is 0 Å². The molecule has 0 aromatic heterocycles. The largest absolute Gasteiger partial charge is 0.506 e. The van der Waals surface area contributed by atoms with Crippen LogP contribution in [-0.4, -0.2) is 131 Å². The smallest absolute Gasteiger partial charge is 0.320 e. The topological polar surface area (TPSA) is 367 Å². The Morgan fingerprint density at radius 1 is 0.429 bits per heavy atom. The third-order valence-electron chi connectivity index (χ3n) is 20.8. The molecule has 0 saturated heterocycles. The fourth-order valence-electron chi connectivity index (χ4n) is 13.9. The van der Waals surface area contributed by atoms with Crippen LogP contribution in [0.3, 0.4) is 0 Å². The lowest BCUT2D eigenvalue weighted by Crippen LogP contribution is -2.31. The van der Waals surface area contributed by atoms with Crippen LogP contribution in [0.5, 0.6) is 40.2 Å². The van der Waals surface area contributed by atoms with Crippen LogP contribution in [0.1, 0.15) is 124 Å². The van der Waals surface area contributed by atoms with Crippen LogP contribution in [0.15, 0.2) is 287 Å². The first-order valence-corrected chi connectivity index (χ1v) is 43.8. The minimum atomic E-state index is -1.04. The van der Waals surface area contributed by atoms with Crippen molar-refractivity contribution in [3.63, 3.8) is 0 Å². The van der Waals surface area contributed by atoms with Crippen molar-refractivity contribution < 1.29 is 63.7 Å². The second kappa shape index (κ2) is 49.7. The molecule has 4 amide bonds. The number of nitrogens with two attached hydrogens (primary N) is 2. The fraction of sp³-hybridized carbons (Fsp3) is 0.136. The number of carboxylic acids is 1. The van der Waals surface area contributed by atoms with Gasteiger partial charge in [-0.1, -0.05) is 271 Å². The van der Waals surface area contributed by atoms with Gasteiger partial charge >= 0.3 is 5.97 Å². The molecule has 0 aliphatic heterocycles. The van der Waals surface area contributed by atoms with Gasteiger partial charge in [0.05, 0.1) is 69.2 Å². The molecule has 13 N–H and O–H groups in total. The number of methoxy groups -OCH3 is 2. The first-order valence-electron chi connectivity index (χ1n) is 41.5. The monoisotopic (exact) mass is 1900 g/mol. The molecule has 1 aliphatic carbocycles. The summed E-state index contributed by atoms with van der Waals surface area (Å²) in [7, 11) is 5.16. The third kappa shape index (κ3) is 28.7. The van der Waals surface area contributed by atoms with Crippen LogP contribution in [0.4, 0.5) is 0 Å². The number of nitrogens with one attached hydrogen (secondary N) is 4. The van der Waals surface area contributed by atoms with Gasteiger partial charge < -0.3 is 51.2 Å². The molecular formula is C103H93Cl6N11O13. The third-order valence-corrected chi connectivity index (χ3v) is 22.6. The molecule has 680 valence electrons. The van der Waals surface area contributed by atoms with Crippen LogP contribution < -0.4 is 47.4 Å². The van der Waals surface area contributed by atoms with Crippen molar-refractivity contribution in [3.8, 4) is 40.2 Å². The first kappa shape index (κ1) is 99.4. The normalized spacial score (nSPS) is 13.5. The number of hydrazone groups is 4. The highest BCUT2D eigenvalue weighted by molar-refractivity contribution is 6.37. The zero-order valence-electron chi connectivity index (χ0n) is 72.1. The van der Waals surface area contributed by atoms with Gasteiger partial charge in [0.1, 0.15) is 35.6 Å². The number of rotatable bonds is 29. The molecule has 1 fully saturated rings. The molecule has 1 saturated carbocycles.